The van der Waals surface area contributed by atoms with Crippen LogP contribution in [0.2, 0.25) is 0 Å². The Morgan fingerprint density at radius 2 is 1.84 bits per heavy atom. The van der Waals surface area contributed by atoms with E-state index in [9.17, 15) is 4.79 Å². The van der Waals surface area contributed by atoms with Crippen LogP contribution in [0, 0.1) is 5.92 Å². The molecule has 0 aromatic heterocycles. The van der Waals surface area contributed by atoms with Gasteiger partial charge in [-0.1, -0.05) is 38.0 Å². The van der Waals surface area contributed by atoms with Gasteiger partial charge in [-0.05, 0) is 60.9 Å². The zero-order valence-corrected chi connectivity index (χ0v) is 19.0. The number of methoxy groups -OCH3 is 2. The van der Waals surface area contributed by atoms with Gasteiger partial charge in [-0.2, -0.15) is 0 Å². The van der Waals surface area contributed by atoms with Gasteiger partial charge >= 0.3 is 0 Å². The Labute approximate surface area is 188 Å². The summed E-state index contributed by atoms with van der Waals surface area (Å²) in [6, 6.07) is 15.6. The lowest BCUT2D eigenvalue weighted by Crippen LogP contribution is -2.44. The third-order valence-corrected chi connectivity index (χ3v) is 6.93. The topological polar surface area (TPSA) is 51.1 Å². The Morgan fingerprint density at radius 1 is 1.06 bits per heavy atom. The molecule has 2 aliphatic rings. The van der Waals surface area contributed by atoms with Crippen LogP contribution in [0.25, 0.3) is 6.08 Å². The summed E-state index contributed by atoms with van der Waals surface area (Å²) in [6.45, 7) is 2.25. The molecule has 2 atom stereocenters. The van der Waals surface area contributed by atoms with Gasteiger partial charge in [0.05, 0.1) is 24.8 Å². The fourth-order valence-electron chi connectivity index (χ4n) is 4.23. The number of amides is 1. The van der Waals surface area contributed by atoms with Crippen LogP contribution >= 0.6 is 11.8 Å². The van der Waals surface area contributed by atoms with Crippen LogP contribution in [0.1, 0.15) is 38.2 Å². The highest BCUT2D eigenvalue weighted by molar-refractivity contribution is 8.18. The summed E-state index contributed by atoms with van der Waals surface area (Å²) in [4.78, 5) is 21.0. The fraction of sp³-hybridized carbons (Fsp3) is 0.360. The Kier molecular flexibility index (Phi) is 6.66. The van der Waals surface area contributed by atoms with Gasteiger partial charge in [0.15, 0.2) is 5.17 Å². The van der Waals surface area contributed by atoms with E-state index in [1.165, 1.54) is 18.2 Å². The minimum absolute atomic E-state index is 0.0244. The predicted molar refractivity (Wildman–Crippen MR) is 127 cm³/mol. The van der Waals surface area contributed by atoms with Crippen molar-refractivity contribution in [2.45, 2.75) is 38.6 Å². The molecule has 4 rings (SSSR count). The number of ether oxygens (including phenoxy) is 2. The van der Waals surface area contributed by atoms with Gasteiger partial charge in [-0.25, -0.2) is 4.99 Å². The predicted octanol–water partition coefficient (Wildman–Crippen LogP) is 5.89. The number of rotatable bonds is 5. The number of nitrogens with zero attached hydrogens (tertiary/aromatic N) is 2. The summed E-state index contributed by atoms with van der Waals surface area (Å²) in [6.07, 6.45) is 6.43. The molecule has 0 N–H and O–H groups in total. The summed E-state index contributed by atoms with van der Waals surface area (Å²) < 4.78 is 10.8. The lowest BCUT2D eigenvalue weighted by atomic mass is 9.85. The summed E-state index contributed by atoms with van der Waals surface area (Å²) >= 11 is 1.44. The van der Waals surface area contributed by atoms with Crippen LogP contribution in [-0.2, 0) is 4.79 Å². The average Bonchev–Trinajstić information content (AvgIpc) is 3.09. The molecule has 0 spiro atoms. The number of thioether (sulfide) groups is 1. The zero-order valence-electron chi connectivity index (χ0n) is 18.2. The van der Waals surface area contributed by atoms with Crippen molar-refractivity contribution in [3.8, 4) is 11.5 Å². The minimum Gasteiger partial charge on any atom is -0.497 e. The van der Waals surface area contributed by atoms with Gasteiger partial charge < -0.3 is 9.47 Å². The number of amidine groups is 1. The Balaban J connectivity index is 1.73. The van der Waals surface area contributed by atoms with Crippen molar-refractivity contribution in [3.63, 3.8) is 0 Å². The molecule has 2 aromatic carbocycles. The lowest BCUT2D eigenvalue weighted by molar-refractivity contribution is -0.124. The van der Waals surface area contributed by atoms with E-state index in [-0.39, 0.29) is 11.9 Å². The molecule has 1 saturated carbocycles. The molecular formula is C25H28N2O3S. The summed E-state index contributed by atoms with van der Waals surface area (Å²) in [7, 11) is 3.25. The molecular weight excluding hydrogens is 408 g/mol. The third kappa shape index (κ3) is 4.64. The van der Waals surface area contributed by atoms with Crippen molar-refractivity contribution in [2.75, 3.05) is 14.2 Å². The molecule has 1 amide bonds. The maximum Gasteiger partial charge on any atom is 0.267 e. The third-order valence-electron chi connectivity index (χ3n) is 5.94. The average molecular weight is 437 g/mol. The molecule has 2 aromatic rings. The molecule has 1 aliphatic carbocycles. The van der Waals surface area contributed by atoms with Gasteiger partial charge in [0.2, 0.25) is 0 Å². The molecule has 1 heterocycles. The second kappa shape index (κ2) is 9.60. The standard InChI is InChI=1S/C25H28N2O3S/c1-17-9-7-8-12-21(17)27-24(28)23(31-25(27)26-19-10-5-4-6-11-19)15-18-13-14-20(29-2)16-22(18)30-3/h4-6,10-11,13-17,21H,7-9,12H2,1-3H3/b23-15-,26-25?/t17-,21-/m1/s1. The second-order valence-electron chi connectivity index (χ2n) is 7.95. The van der Waals surface area contributed by atoms with E-state index >= 15 is 0 Å². The zero-order chi connectivity index (χ0) is 21.8. The SMILES string of the molecule is COc1ccc(/C=C2\SC(=Nc3ccccc3)N([C@@H]3CCCC[C@H]3C)C2=O)c(OC)c1. The highest BCUT2D eigenvalue weighted by Crippen LogP contribution is 2.41. The molecule has 0 bridgehead atoms. The van der Waals surface area contributed by atoms with Gasteiger partial charge in [0.1, 0.15) is 11.5 Å². The summed E-state index contributed by atoms with van der Waals surface area (Å²) in [5.74, 6) is 1.87. The number of benzene rings is 2. The molecule has 0 radical (unpaired) electrons. The quantitative estimate of drug-likeness (QED) is 0.549. The minimum atomic E-state index is 0.0244. The molecule has 1 saturated heterocycles. The first-order chi connectivity index (χ1) is 15.1. The van der Waals surface area contributed by atoms with Gasteiger partial charge in [-0.3, -0.25) is 9.69 Å². The summed E-state index contributed by atoms with van der Waals surface area (Å²) in [5, 5.41) is 0.758. The van der Waals surface area contributed by atoms with Crippen LogP contribution in [0.4, 0.5) is 5.69 Å². The first kappa shape index (κ1) is 21.5. The number of aliphatic imine (C=N–C) groups is 1. The molecule has 2 fully saturated rings. The van der Waals surface area contributed by atoms with Gasteiger partial charge in [-0.15, -0.1) is 0 Å². The fourth-order valence-corrected chi connectivity index (χ4v) is 5.27. The number of para-hydroxylation sites is 1. The van der Waals surface area contributed by atoms with Crippen molar-refractivity contribution < 1.29 is 14.3 Å². The smallest absolute Gasteiger partial charge is 0.267 e. The molecule has 5 nitrogen and oxygen atoms in total. The molecule has 6 heteroatoms. The number of hydrogen-bond donors (Lipinski definition) is 0. The van der Waals surface area contributed by atoms with Gasteiger partial charge in [0.25, 0.3) is 5.91 Å². The van der Waals surface area contributed by atoms with E-state index in [0.29, 0.717) is 22.3 Å². The lowest BCUT2D eigenvalue weighted by Gasteiger charge is -2.35. The molecule has 1 aliphatic heterocycles. The normalized spacial score (nSPS) is 24.1. The molecule has 31 heavy (non-hydrogen) atoms. The van der Waals surface area contributed by atoms with E-state index in [1.54, 1.807) is 14.2 Å². The van der Waals surface area contributed by atoms with Crippen molar-refractivity contribution in [3.05, 3.63) is 59.0 Å². The number of carbonyl (C=O) groups excluding carboxylic acids is 1. The maximum atomic E-state index is 13.6. The molecule has 0 unspecified atom stereocenters. The Hall–Kier alpha value is -2.73. The number of hydrogen-bond acceptors (Lipinski definition) is 5. The van der Waals surface area contributed by atoms with Crippen LogP contribution < -0.4 is 9.47 Å². The van der Waals surface area contributed by atoms with Crippen LogP contribution in [-0.4, -0.2) is 36.2 Å². The van der Waals surface area contributed by atoms with E-state index in [0.717, 1.165) is 35.7 Å². The largest absolute Gasteiger partial charge is 0.497 e. The Morgan fingerprint density at radius 3 is 2.55 bits per heavy atom. The van der Waals surface area contributed by atoms with Crippen LogP contribution in [0.3, 0.4) is 0 Å². The van der Waals surface area contributed by atoms with Crippen LogP contribution in [0.5, 0.6) is 11.5 Å². The van der Waals surface area contributed by atoms with Crippen molar-refractivity contribution in [1.82, 2.24) is 4.90 Å². The van der Waals surface area contributed by atoms with E-state index < -0.39 is 0 Å². The summed E-state index contributed by atoms with van der Waals surface area (Å²) in [5.41, 5.74) is 1.70. The Bertz CT molecular complexity index is 1000. The van der Waals surface area contributed by atoms with Crippen LogP contribution in [0.15, 0.2) is 58.4 Å². The number of carbonyl (C=O) groups is 1. The highest BCUT2D eigenvalue weighted by atomic mass is 32.2. The first-order valence-electron chi connectivity index (χ1n) is 10.7. The van der Waals surface area contributed by atoms with E-state index in [1.807, 2.05) is 59.5 Å². The van der Waals surface area contributed by atoms with Gasteiger partial charge in [0, 0.05) is 17.7 Å². The van der Waals surface area contributed by atoms with Crippen molar-refractivity contribution in [1.29, 1.82) is 0 Å². The van der Waals surface area contributed by atoms with Crippen molar-refractivity contribution in [2.24, 2.45) is 10.9 Å². The molecule has 162 valence electrons. The van der Waals surface area contributed by atoms with Crippen molar-refractivity contribution >= 4 is 34.6 Å². The maximum absolute atomic E-state index is 13.6. The van der Waals surface area contributed by atoms with E-state index in [4.69, 9.17) is 14.5 Å². The second-order valence-corrected chi connectivity index (χ2v) is 8.96. The van der Waals surface area contributed by atoms with E-state index in [2.05, 4.69) is 6.92 Å². The monoisotopic (exact) mass is 436 g/mol. The highest BCUT2D eigenvalue weighted by Gasteiger charge is 2.41. The first-order valence-corrected chi connectivity index (χ1v) is 11.5.